The Balaban J connectivity index is 1.31. The summed E-state index contributed by atoms with van der Waals surface area (Å²) in [7, 11) is 0. The maximum atomic E-state index is 14.9. The Bertz CT molecular complexity index is 1220. The third kappa shape index (κ3) is 5.46. The maximum absolute atomic E-state index is 14.9. The van der Waals surface area contributed by atoms with Gasteiger partial charge in [-0.1, -0.05) is 60.7 Å². The second-order valence-electron chi connectivity index (χ2n) is 10.6. The molecule has 0 saturated heterocycles. The van der Waals surface area contributed by atoms with Crippen molar-refractivity contribution in [3.63, 3.8) is 0 Å². The zero-order valence-electron chi connectivity index (χ0n) is 21.0. The van der Waals surface area contributed by atoms with E-state index in [1.807, 2.05) is 12.1 Å². The minimum atomic E-state index is -0.682. The van der Waals surface area contributed by atoms with Crippen molar-refractivity contribution in [3.05, 3.63) is 113 Å². The highest BCUT2D eigenvalue weighted by atomic mass is 19.1. The quantitative estimate of drug-likeness (QED) is 0.321. The van der Waals surface area contributed by atoms with Crippen LogP contribution in [0.1, 0.15) is 72.6 Å². The molecule has 1 aliphatic carbocycles. The van der Waals surface area contributed by atoms with Crippen molar-refractivity contribution >= 4 is 5.97 Å². The van der Waals surface area contributed by atoms with Crippen LogP contribution in [0.5, 0.6) is 5.75 Å². The van der Waals surface area contributed by atoms with Gasteiger partial charge in [0, 0.05) is 24.4 Å². The summed E-state index contributed by atoms with van der Waals surface area (Å²) < 4.78 is 26.4. The Morgan fingerprint density at radius 1 is 1.00 bits per heavy atom. The number of nitrogens with zero attached hydrogens (tertiary/aromatic N) is 1. The average Bonchev–Trinajstić information content (AvgIpc) is 3.66. The first-order valence-corrected chi connectivity index (χ1v) is 12.5. The van der Waals surface area contributed by atoms with Crippen molar-refractivity contribution in [3.8, 4) is 5.75 Å². The Hall–Kier alpha value is -3.60. The van der Waals surface area contributed by atoms with E-state index in [9.17, 15) is 9.18 Å². The van der Waals surface area contributed by atoms with Crippen molar-refractivity contribution in [2.75, 3.05) is 13.2 Å². The topological polar surface area (TPSA) is 38.8 Å². The number of benzene rings is 3. The molecule has 36 heavy (non-hydrogen) atoms. The number of carbonyl (C=O) groups excluding carboxylic acids is 1. The van der Waals surface area contributed by atoms with Crippen LogP contribution >= 0.6 is 0 Å². The van der Waals surface area contributed by atoms with Gasteiger partial charge in [0.25, 0.3) is 0 Å². The Morgan fingerprint density at radius 3 is 2.11 bits per heavy atom. The van der Waals surface area contributed by atoms with Crippen LogP contribution < -0.4 is 4.74 Å². The molecule has 0 N–H and O–H groups in total. The molecule has 0 aromatic heterocycles. The first-order valence-electron chi connectivity index (χ1n) is 12.5. The van der Waals surface area contributed by atoms with E-state index < -0.39 is 17.4 Å². The van der Waals surface area contributed by atoms with Crippen LogP contribution in [-0.2, 0) is 4.74 Å². The van der Waals surface area contributed by atoms with Gasteiger partial charge in [0.15, 0.2) is 0 Å². The summed E-state index contributed by atoms with van der Waals surface area (Å²) in [6.07, 6.45) is 4.16. The van der Waals surface area contributed by atoms with Gasteiger partial charge in [0.05, 0.1) is 11.6 Å². The number of hydrogen-bond donors (Lipinski definition) is 0. The lowest BCUT2D eigenvalue weighted by atomic mass is 9.95. The number of carbonyl (C=O) groups is 1. The van der Waals surface area contributed by atoms with Gasteiger partial charge < -0.3 is 14.4 Å². The molecule has 0 bridgehead atoms. The minimum absolute atomic E-state index is 0.0261. The highest BCUT2D eigenvalue weighted by Crippen LogP contribution is 2.45. The van der Waals surface area contributed by atoms with Crippen LogP contribution in [0, 0.1) is 5.82 Å². The summed E-state index contributed by atoms with van der Waals surface area (Å²) in [5, 5.41) is 0. The highest BCUT2D eigenvalue weighted by Gasteiger charge is 2.32. The molecule has 0 amide bonds. The van der Waals surface area contributed by atoms with Gasteiger partial charge in [-0.2, -0.15) is 0 Å². The minimum Gasteiger partial charge on any atom is -0.489 e. The van der Waals surface area contributed by atoms with Gasteiger partial charge in [0.1, 0.15) is 23.8 Å². The molecule has 1 fully saturated rings. The normalized spacial score (nSPS) is 15.4. The molecule has 0 radical (unpaired) electrons. The summed E-state index contributed by atoms with van der Waals surface area (Å²) in [5.74, 6) is -0.432. The molecule has 5 rings (SSSR count). The molecular formula is C31H32FNO3. The fourth-order valence-electron chi connectivity index (χ4n) is 4.61. The van der Waals surface area contributed by atoms with Gasteiger partial charge in [-0.25, -0.2) is 9.18 Å². The zero-order chi connectivity index (χ0) is 25.3. The Kier molecular flexibility index (Phi) is 6.57. The summed E-state index contributed by atoms with van der Waals surface area (Å²) in [5.41, 5.74) is 3.79. The van der Waals surface area contributed by atoms with E-state index in [0.717, 1.165) is 30.5 Å². The average molecular weight is 486 g/mol. The molecule has 2 aliphatic rings. The number of hydrogen-bond acceptors (Lipinski definition) is 4. The smallest absolute Gasteiger partial charge is 0.341 e. The first kappa shape index (κ1) is 24.1. The van der Waals surface area contributed by atoms with Crippen LogP contribution in [0.4, 0.5) is 4.39 Å². The molecule has 3 aromatic carbocycles. The van der Waals surface area contributed by atoms with Crippen molar-refractivity contribution in [1.29, 1.82) is 0 Å². The highest BCUT2D eigenvalue weighted by molar-refractivity contribution is 5.90. The Morgan fingerprint density at radius 2 is 1.58 bits per heavy atom. The number of ether oxygens (including phenoxy) is 2. The second-order valence-corrected chi connectivity index (χ2v) is 10.6. The third-order valence-electron chi connectivity index (χ3n) is 6.44. The van der Waals surface area contributed by atoms with E-state index in [1.165, 1.54) is 17.2 Å². The fourth-order valence-corrected chi connectivity index (χ4v) is 4.61. The Labute approximate surface area is 212 Å². The predicted molar refractivity (Wildman–Crippen MR) is 139 cm³/mol. The summed E-state index contributed by atoms with van der Waals surface area (Å²) in [6.45, 7) is 6.48. The van der Waals surface area contributed by atoms with Crippen molar-refractivity contribution in [2.45, 2.75) is 51.2 Å². The SMILES string of the molecule is CC(C)(C)OC(=O)c1cc(C2CC2)c(OCC2=CN(C(c3ccccc3)c3ccccc3)C2)cc1F. The summed E-state index contributed by atoms with van der Waals surface area (Å²) >= 11 is 0. The molecular weight excluding hydrogens is 453 g/mol. The largest absolute Gasteiger partial charge is 0.489 e. The van der Waals surface area contributed by atoms with Gasteiger partial charge in [0.2, 0.25) is 0 Å². The number of esters is 1. The van der Waals surface area contributed by atoms with E-state index in [-0.39, 0.29) is 11.6 Å². The second kappa shape index (κ2) is 9.81. The van der Waals surface area contributed by atoms with Gasteiger partial charge >= 0.3 is 5.97 Å². The molecule has 3 aromatic rings. The number of halogens is 1. The van der Waals surface area contributed by atoms with Crippen LogP contribution in [0.25, 0.3) is 0 Å². The monoisotopic (exact) mass is 485 g/mol. The lowest BCUT2D eigenvalue weighted by Gasteiger charge is -2.39. The molecule has 1 saturated carbocycles. The molecule has 4 nitrogen and oxygen atoms in total. The van der Waals surface area contributed by atoms with Crippen LogP contribution in [0.2, 0.25) is 0 Å². The zero-order valence-corrected chi connectivity index (χ0v) is 21.0. The van der Waals surface area contributed by atoms with Crippen LogP contribution in [0.15, 0.2) is 84.6 Å². The van der Waals surface area contributed by atoms with Gasteiger partial charge in [-0.3, -0.25) is 0 Å². The molecule has 186 valence electrons. The predicted octanol–water partition coefficient (Wildman–Crippen LogP) is 7.03. The molecule has 0 spiro atoms. The molecule has 0 unspecified atom stereocenters. The van der Waals surface area contributed by atoms with Crippen molar-refractivity contribution in [2.24, 2.45) is 0 Å². The van der Waals surface area contributed by atoms with Crippen LogP contribution in [-0.4, -0.2) is 29.6 Å². The van der Waals surface area contributed by atoms with E-state index in [2.05, 4.69) is 59.6 Å². The lowest BCUT2D eigenvalue weighted by Crippen LogP contribution is -2.36. The fraction of sp³-hybridized carbons (Fsp3) is 0.323. The van der Waals surface area contributed by atoms with E-state index in [4.69, 9.17) is 9.47 Å². The number of rotatable bonds is 8. The van der Waals surface area contributed by atoms with Crippen molar-refractivity contribution in [1.82, 2.24) is 4.90 Å². The first-order chi connectivity index (χ1) is 17.3. The molecule has 5 heteroatoms. The standard InChI is InChI=1S/C31H32FNO3/c1-31(2,3)36-30(34)26-16-25(22-14-15-22)28(17-27(26)32)35-20-21-18-33(19-21)29(23-10-6-4-7-11-23)24-12-8-5-9-13-24/h4-13,16-18,22,29H,14-15,19-20H2,1-3H3. The summed E-state index contributed by atoms with van der Waals surface area (Å²) in [6, 6.07) is 24.0. The lowest BCUT2D eigenvalue weighted by molar-refractivity contribution is 0.00645. The third-order valence-corrected chi connectivity index (χ3v) is 6.44. The van der Waals surface area contributed by atoms with Gasteiger partial charge in [-0.15, -0.1) is 0 Å². The van der Waals surface area contributed by atoms with E-state index >= 15 is 0 Å². The van der Waals surface area contributed by atoms with Gasteiger partial charge in [-0.05, 0) is 62.3 Å². The summed E-state index contributed by atoms with van der Waals surface area (Å²) in [4.78, 5) is 14.8. The van der Waals surface area contributed by atoms with E-state index in [1.54, 1.807) is 26.8 Å². The maximum Gasteiger partial charge on any atom is 0.341 e. The molecule has 1 aliphatic heterocycles. The molecule has 1 heterocycles. The van der Waals surface area contributed by atoms with Crippen LogP contribution in [0.3, 0.4) is 0 Å². The van der Waals surface area contributed by atoms with E-state index in [0.29, 0.717) is 18.3 Å². The molecule has 0 atom stereocenters. The van der Waals surface area contributed by atoms with Crippen molar-refractivity contribution < 1.29 is 18.7 Å².